The van der Waals surface area contributed by atoms with E-state index in [-0.39, 0.29) is 17.4 Å². The standard InChI is InChI=1S/C31H37NO3/c1-31(30(33)24-13-7-4-8-14-24)22-32(20-23-11-5-3-6-12-23)21-27(31)25-17-18-28(34-2)29(19-25)35-26-15-9-10-16-26/h3-8,11-14,17-19,26-27,30,33H,9-10,15-16,20-22H2,1-2H3/t27-,30?,31+/m0/s1. The number of hydrogen-bond donors (Lipinski definition) is 1. The number of hydrogen-bond acceptors (Lipinski definition) is 4. The number of ether oxygens (including phenoxy) is 2. The fourth-order valence-corrected chi connectivity index (χ4v) is 6.05. The van der Waals surface area contributed by atoms with Gasteiger partial charge in [0.1, 0.15) is 0 Å². The summed E-state index contributed by atoms with van der Waals surface area (Å²) in [7, 11) is 1.71. The predicted octanol–water partition coefficient (Wildman–Crippen LogP) is 6.36. The molecule has 0 bridgehead atoms. The fourth-order valence-electron chi connectivity index (χ4n) is 6.05. The summed E-state index contributed by atoms with van der Waals surface area (Å²) in [5.74, 6) is 1.76. The van der Waals surface area contributed by atoms with Crippen molar-refractivity contribution in [1.29, 1.82) is 0 Å². The number of methoxy groups -OCH3 is 1. The van der Waals surface area contributed by atoms with Crippen molar-refractivity contribution in [2.45, 2.75) is 57.3 Å². The molecule has 0 radical (unpaired) electrons. The first-order valence-corrected chi connectivity index (χ1v) is 12.9. The van der Waals surface area contributed by atoms with Crippen LogP contribution in [0.5, 0.6) is 11.5 Å². The van der Waals surface area contributed by atoms with Crippen LogP contribution in [0.1, 0.15) is 61.3 Å². The normalized spacial score (nSPS) is 23.9. The molecule has 1 unspecified atom stereocenters. The van der Waals surface area contributed by atoms with Gasteiger partial charge in [-0.1, -0.05) is 73.7 Å². The predicted molar refractivity (Wildman–Crippen MR) is 140 cm³/mol. The molecular formula is C31H37NO3. The molecule has 1 saturated carbocycles. The molecule has 0 aromatic heterocycles. The molecule has 4 heteroatoms. The minimum absolute atomic E-state index is 0.151. The first-order valence-electron chi connectivity index (χ1n) is 12.9. The van der Waals surface area contributed by atoms with Crippen LogP contribution in [0, 0.1) is 5.41 Å². The van der Waals surface area contributed by atoms with Crippen molar-refractivity contribution in [3.63, 3.8) is 0 Å². The summed E-state index contributed by atoms with van der Waals surface area (Å²) in [6.45, 7) is 4.80. The molecule has 184 valence electrons. The van der Waals surface area contributed by atoms with E-state index >= 15 is 0 Å². The number of aliphatic hydroxyl groups is 1. The lowest BCUT2D eigenvalue weighted by Crippen LogP contribution is -2.33. The Balaban J connectivity index is 1.48. The fraction of sp³-hybridized carbons (Fsp3) is 0.419. The zero-order valence-corrected chi connectivity index (χ0v) is 20.9. The van der Waals surface area contributed by atoms with Gasteiger partial charge in [0.2, 0.25) is 0 Å². The molecule has 3 aromatic rings. The topological polar surface area (TPSA) is 41.9 Å². The van der Waals surface area contributed by atoms with Crippen molar-refractivity contribution in [1.82, 2.24) is 4.90 Å². The summed E-state index contributed by atoms with van der Waals surface area (Å²) in [5.41, 5.74) is 3.11. The SMILES string of the molecule is COc1ccc([C@@H]2CN(Cc3ccccc3)C[C@@]2(C)C(O)c2ccccc2)cc1OC1CCCC1. The maximum absolute atomic E-state index is 11.7. The van der Waals surface area contributed by atoms with Crippen molar-refractivity contribution >= 4 is 0 Å². The van der Waals surface area contributed by atoms with Crippen LogP contribution in [-0.4, -0.2) is 36.3 Å². The highest BCUT2D eigenvalue weighted by Gasteiger charge is 2.49. The monoisotopic (exact) mass is 471 g/mol. The Bertz CT molecular complexity index is 1100. The lowest BCUT2D eigenvalue weighted by Gasteiger charge is -2.36. The third-order valence-corrected chi connectivity index (χ3v) is 7.98. The van der Waals surface area contributed by atoms with Gasteiger partial charge in [0.15, 0.2) is 11.5 Å². The second-order valence-corrected chi connectivity index (χ2v) is 10.5. The van der Waals surface area contributed by atoms with E-state index in [4.69, 9.17) is 9.47 Å². The Labute approximate surface area is 209 Å². The van der Waals surface area contributed by atoms with E-state index in [0.29, 0.717) is 0 Å². The summed E-state index contributed by atoms with van der Waals surface area (Å²) in [6.07, 6.45) is 4.35. The third kappa shape index (κ3) is 5.10. The zero-order chi connectivity index (χ0) is 24.3. The van der Waals surface area contributed by atoms with Crippen LogP contribution < -0.4 is 9.47 Å². The highest BCUT2D eigenvalue weighted by Crippen LogP contribution is 2.52. The van der Waals surface area contributed by atoms with Crippen LogP contribution in [0.15, 0.2) is 78.9 Å². The number of aliphatic hydroxyl groups excluding tert-OH is 1. The molecule has 0 amide bonds. The van der Waals surface area contributed by atoms with Crippen molar-refractivity contribution in [3.8, 4) is 11.5 Å². The number of benzene rings is 3. The number of rotatable bonds is 8. The van der Waals surface area contributed by atoms with Crippen LogP contribution in [-0.2, 0) is 6.54 Å². The summed E-state index contributed by atoms with van der Waals surface area (Å²) in [4.78, 5) is 2.48. The minimum atomic E-state index is -0.573. The van der Waals surface area contributed by atoms with Crippen LogP contribution >= 0.6 is 0 Å². The van der Waals surface area contributed by atoms with E-state index in [2.05, 4.69) is 54.3 Å². The molecule has 2 aliphatic rings. The van der Waals surface area contributed by atoms with E-state index < -0.39 is 6.10 Å². The van der Waals surface area contributed by atoms with Gasteiger partial charge < -0.3 is 14.6 Å². The van der Waals surface area contributed by atoms with Gasteiger partial charge >= 0.3 is 0 Å². The van der Waals surface area contributed by atoms with E-state index in [1.165, 1.54) is 24.0 Å². The number of likely N-dealkylation sites (tertiary alicyclic amines) is 1. The molecule has 3 atom stereocenters. The van der Waals surface area contributed by atoms with Crippen molar-refractivity contribution < 1.29 is 14.6 Å². The van der Waals surface area contributed by atoms with Crippen molar-refractivity contribution in [2.75, 3.05) is 20.2 Å². The zero-order valence-electron chi connectivity index (χ0n) is 20.9. The smallest absolute Gasteiger partial charge is 0.161 e. The van der Waals surface area contributed by atoms with Gasteiger partial charge in [-0.3, -0.25) is 4.90 Å². The maximum Gasteiger partial charge on any atom is 0.161 e. The second-order valence-electron chi connectivity index (χ2n) is 10.5. The summed E-state index contributed by atoms with van der Waals surface area (Å²) >= 11 is 0. The molecular weight excluding hydrogens is 434 g/mol. The Hall–Kier alpha value is -2.82. The lowest BCUT2D eigenvalue weighted by molar-refractivity contribution is 0.0312. The molecule has 4 nitrogen and oxygen atoms in total. The van der Waals surface area contributed by atoms with Gasteiger partial charge in [-0.2, -0.15) is 0 Å². The molecule has 0 spiro atoms. The Morgan fingerprint density at radius 1 is 0.943 bits per heavy atom. The molecule has 2 fully saturated rings. The molecule has 3 aromatic carbocycles. The summed E-state index contributed by atoms with van der Waals surface area (Å²) in [5, 5.41) is 11.7. The van der Waals surface area contributed by atoms with E-state index in [1.54, 1.807) is 7.11 Å². The molecule has 1 N–H and O–H groups in total. The van der Waals surface area contributed by atoms with Gasteiger partial charge in [-0.15, -0.1) is 0 Å². The highest BCUT2D eigenvalue weighted by atomic mass is 16.5. The first-order chi connectivity index (χ1) is 17.1. The molecule has 35 heavy (non-hydrogen) atoms. The summed E-state index contributed by atoms with van der Waals surface area (Å²) in [6, 6.07) is 27.1. The van der Waals surface area contributed by atoms with Crippen LogP contribution in [0.25, 0.3) is 0 Å². The molecule has 1 aliphatic carbocycles. The van der Waals surface area contributed by atoms with Gasteiger partial charge in [0.05, 0.1) is 19.3 Å². The molecule has 5 rings (SSSR count). The Morgan fingerprint density at radius 3 is 2.31 bits per heavy atom. The molecule has 1 heterocycles. The van der Waals surface area contributed by atoms with Crippen LogP contribution in [0.4, 0.5) is 0 Å². The quantitative estimate of drug-likeness (QED) is 0.415. The first kappa shape index (κ1) is 23.9. The van der Waals surface area contributed by atoms with Crippen molar-refractivity contribution in [2.24, 2.45) is 5.41 Å². The van der Waals surface area contributed by atoms with E-state index in [1.807, 2.05) is 36.4 Å². The Kier molecular flexibility index (Phi) is 7.12. The van der Waals surface area contributed by atoms with Gasteiger partial charge in [-0.05, 0) is 54.5 Å². The van der Waals surface area contributed by atoms with Crippen molar-refractivity contribution in [3.05, 3.63) is 95.6 Å². The average Bonchev–Trinajstić information content (AvgIpc) is 3.52. The largest absolute Gasteiger partial charge is 0.493 e. The summed E-state index contributed by atoms with van der Waals surface area (Å²) < 4.78 is 12.1. The average molecular weight is 472 g/mol. The molecule has 1 saturated heterocycles. The highest BCUT2D eigenvalue weighted by molar-refractivity contribution is 5.45. The van der Waals surface area contributed by atoms with Gasteiger partial charge in [0, 0.05) is 31.0 Å². The molecule has 1 aliphatic heterocycles. The second kappa shape index (κ2) is 10.4. The maximum atomic E-state index is 11.7. The van der Waals surface area contributed by atoms with Gasteiger partial charge in [-0.25, -0.2) is 0 Å². The van der Waals surface area contributed by atoms with E-state index in [0.717, 1.165) is 49.5 Å². The van der Waals surface area contributed by atoms with Crippen LogP contribution in [0.3, 0.4) is 0 Å². The minimum Gasteiger partial charge on any atom is -0.493 e. The number of nitrogens with zero attached hydrogens (tertiary/aromatic N) is 1. The Morgan fingerprint density at radius 2 is 1.63 bits per heavy atom. The lowest BCUT2D eigenvalue weighted by atomic mass is 9.70. The van der Waals surface area contributed by atoms with Gasteiger partial charge in [0.25, 0.3) is 0 Å². The third-order valence-electron chi connectivity index (χ3n) is 7.98. The van der Waals surface area contributed by atoms with Crippen LogP contribution in [0.2, 0.25) is 0 Å². The van der Waals surface area contributed by atoms with E-state index in [9.17, 15) is 5.11 Å².